The number of rotatable bonds is 5. The van der Waals surface area contributed by atoms with Crippen LogP contribution in [0.3, 0.4) is 0 Å². The fourth-order valence-corrected chi connectivity index (χ4v) is 1.93. The molecule has 0 saturated carbocycles. The normalized spacial score (nSPS) is 12.8. The average Bonchev–Trinajstić information content (AvgIpc) is 2.36. The van der Waals surface area contributed by atoms with E-state index in [2.05, 4.69) is 4.72 Å². The van der Waals surface area contributed by atoms with Crippen molar-refractivity contribution in [1.29, 1.82) is 5.26 Å². The molecular formula is C12H12N2O4S. The molecule has 19 heavy (non-hydrogen) atoms. The number of carboxylic acids is 1. The van der Waals surface area contributed by atoms with Gasteiger partial charge in [-0.05, 0) is 30.7 Å². The Bertz CT molecular complexity index is 627. The maximum absolute atomic E-state index is 11.6. The monoisotopic (exact) mass is 280 g/mol. The van der Waals surface area contributed by atoms with Gasteiger partial charge in [-0.2, -0.15) is 5.26 Å². The Morgan fingerprint density at radius 2 is 2.00 bits per heavy atom. The molecule has 0 aromatic heterocycles. The third-order valence-corrected chi connectivity index (χ3v) is 3.79. The van der Waals surface area contributed by atoms with Crippen LogP contribution in [-0.2, 0) is 14.8 Å². The van der Waals surface area contributed by atoms with Crippen molar-refractivity contribution in [3.05, 3.63) is 35.9 Å². The van der Waals surface area contributed by atoms with E-state index in [0.717, 1.165) is 6.08 Å². The molecule has 1 unspecified atom stereocenters. The topological polar surface area (TPSA) is 107 Å². The number of nitrogens with zero attached hydrogens (tertiary/aromatic N) is 1. The highest BCUT2D eigenvalue weighted by Gasteiger charge is 2.19. The zero-order chi connectivity index (χ0) is 14.5. The third-order valence-electron chi connectivity index (χ3n) is 2.24. The number of benzene rings is 1. The number of carboxylic acid groups (broad SMARTS) is 1. The van der Waals surface area contributed by atoms with Crippen molar-refractivity contribution in [3.63, 3.8) is 0 Å². The molecule has 0 radical (unpaired) electrons. The predicted octanol–water partition coefficient (Wildman–Crippen LogP) is 1.44. The Kier molecular flexibility index (Phi) is 4.67. The van der Waals surface area contributed by atoms with E-state index in [-0.39, 0.29) is 0 Å². The lowest BCUT2D eigenvalue weighted by Gasteiger charge is -2.09. The zero-order valence-electron chi connectivity index (χ0n) is 10.1. The molecule has 1 aromatic carbocycles. The van der Waals surface area contributed by atoms with Gasteiger partial charge in [-0.15, -0.1) is 0 Å². The number of sulfonamides is 1. The van der Waals surface area contributed by atoms with E-state index >= 15 is 0 Å². The first-order valence-corrected chi connectivity index (χ1v) is 6.82. The van der Waals surface area contributed by atoms with Gasteiger partial charge in [-0.25, -0.2) is 13.2 Å². The largest absolute Gasteiger partial charge is 0.478 e. The second kappa shape index (κ2) is 6.02. The highest BCUT2D eigenvalue weighted by atomic mass is 32.2. The van der Waals surface area contributed by atoms with Crippen molar-refractivity contribution in [2.45, 2.75) is 12.2 Å². The minimum Gasteiger partial charge on any atom is -0.478 e. The second-order valence-electron chi connectivity index (χ2n) is 3.71. The average molecular weight is 280 g/mol. The molecule has 0 aliphatic carbocycles. The van der Waals surface area contributed by atoms with E-state index in [1.807, 2.05) is 0 Å². The van der Waals surface area contributed by atoms with E-state index in [4.69, 9.17) is 10.4 Å². The van der Waals surface area contributed by atoms with Crippen molar-refractivity contribution >= 4 is 27.8 Å². The fourth-order valence-electron chi connectivity index (χ4n) is 1.15. The maximum Gasteiger partial charge on any atom is 0.328 e. The Hall–Kier alpha value is -2.33. The molecule has 0 fully saturated rings. The molecule has 6 nitrogen and oxygen atoms in total. The lowest BCUT2D eigenvalue weighted by Crippen LogP contribution is -2.23. The molecule has 0 heterocycles. The molecule has 0 amide bonds. The van der Waals surface area contributed by atoms with Gasteiger partial charge in [-0.1, -0.05) is 12.1 Å². The number of nitrogens with one attached hydrogen (secondary N) is 1. The summed E-state index contributed by atoms with van der Waals surface area (Å²) < 4.78 is 25.5. The fraction of sp³-hybridized carbons (Fsp3) is 0.167. The molecule has 1 aromatic rings. The van der Waals surface area contributed by atoms with Crippen LogP contribution in [0.25, 0.3) is 6.08 Å². The van der Waals surface area contributed by atoms with Gasteiger partial charge >= 0.3 is 5.97 Å². The van der Waals surface area contributed by atoms with Gasteiger partial charge < -0.3 is 5.11 Å². The van der Waals surface area contributed by atoms with E-state index in [0.29, 0.717) is 11.3 Å². The van der Waals surface area contributed by atoms with Crippen LogP contribution in [0.4, 0.5) is 5.69 Å². The molecular weight excluding hydrogens is 268 g/mol. The summed E-state index contributed by atoms with van der Waals surface area (Å²) in [5.74, 6) is -1.06. The van der Waals surface area contributed by atoms with Crippen molar-refractivity contribution < 1.29 is 18.3 Å². The van der Waals surface area contributed by atoms with E-state index in [1.54, 1.807) is 18.2 Å². The lowest BCUT2D eigenvalue weighted by atomic mass is 10.2. The van der Waals surface area contributed by atoms with Gasteiger partial charge in [0, 0.05) is 11.8 Å². The van der Waals surface area contributed by atoms with Crippen molar-refractivity contribution in [3.8, 4) is 6.07 Å². The molecule has 1 atom stereocenters. The highest BCUT2D eigenvalue weighted by Crippen LogP contribution is 2.14. The van der Waals surface area contributed by atoms with Crippen LogP contribution >= 0.6 is 0 Å². The van der Waals surface area contributed by atoms with E-state index in [1.165, 1.54) is 25.1 Å². The first-order chi connectivity index (χ1) is 8.85. The summed E-state index contributed by atoms with van der Waals surface area (Å²) >= 11 is 0. The lowest BCUT2D eigenvalue weighted by molar-refractivity contribution is -0.131. The summed E-state index contributed by atoms with van der Waals surface area (Å²) in [5, 5.41) is 15.9. The summed E-state index contributed by atoms with van der Waals surface area (Å²) in [6.45, 7) is 1.28. The second-order valence-corrected chi connectivity index (χ2v) is 5.71. The predicted molar refractivity (Wildman–Crippen MR) is 70.7 cm³/mol. The summed E-state index contributed by atoms with van der Waals surface area (Å²) in [4.78, 5) is 10.3. The smallest absolute Gasteiger partial charge is 0.328 e. The number of aliphatic carboxylic acids is 1. The van der Waals surface area contributed by atoms with E-state index < -0.39 is 21.2 Å². The van der Waals surface area contributed by atoms with Crippen LogP contribution in [0.2, 0.25) is 0 Å². The summed E-state index contributed by atoms with van der Waals surface area (Å²) in [6, 6.07) is 7.75. The number of nitriles is 1. The molecule has 7 heteroatoms. The van der Waals surface area contributed by atoms with Crippen molar-refractivity contribution in [2.24, 2.45) is 0 Å². The first kappa shape index (κ1) is 14.7. The maximum atomic E-state index is 11.6. The molecule has 1 rings (SSSR count). The highest BCUT2D eigenvalue weighted by molar-refractivity contribution is 7.93. The molecule has 0 saturated heterocycles. The van der Waals surface area contributed by atoms with Crippen LogP contribution in [0.15, 0.2) is 30.3 Å². The van der Waals surface area contributed by atoms with Crippen molar-refractivity contribution in [2.75, 3.05) is 4.72 Å². The van der Waals surface area contributed by atoms with Crippen LogP contribution in [0, 0.1) is 11.3 Å². The van der Waals surface area contributed by atoms with Gasteiger partial charge in [0.05, 0.1) is 6.07 Å². The molecule has 100 valence electrons. The van der Waals surface area contributed by atoms with Crippen LogP contribution in [0.5, 0.6) is 0 Å². The summed E-state index contributed by atoms with van der Waals surface area (Å²) in [5.41, 5.74) is 0.938. The first-order valence-electron chi connectivity index (χ1n) is 5.27. The zero-order valence-corrected chi connectivity index (χ0v) is 10.9. The molecule has 2 N–H and O–H groups in total. The number of carbonyl (C=O) groups is 1. The van der Waals surface area contributed by atoms with Gasteiger partial charge in [0.15, 0.2) is 5.25 Å². The minimum atomic E-state index is -3.73. The quantitative estimate of drug-likeness (QED) is 0.793. The Labute approximate surface area is 111 Å². The molecule has 0 bridgehead atoms. The number of hydrogen-bond donors (Lipinski definition) is 2. The third kappa shape index (κ3) is 4.44. The van der Waals surface area contributed by atoms with Crippen molar-refractivity contribution in [1.82, 2.24) is 0 Å². The summed E-state index contributed by atoms with van der Waals surface area (Å²) in [7, 11) is -3.73. The SMILES string of the molecule is CC(C#N)S(=O)(=O)Nc1ccc(C=CC(=O)O)cc1. The Balaban J connectivity index is 2.84. The summed E-state index contributed by atoms with van der Waals surface area (Å²) in [6.07, 6.45) is 2.37. The van der Waals surface area contributed by atoms with E-state index in [9.17, 15) is 13.2 Å². The molecule has 0 aliphatic rings. The van der Waals surface area contributed by atoms with Gasteiger partial charge in [0.1, 0.15) is 0 Å². The Morgan fingerprint density at radius 3 is 2.47 bits per heavy atom. The minimum absolute atomic E-state index is 0.314. The van der Waals surface area contributed by atoms with Crippen LogP contribution < -0.4 is 4.72 Å². The van der Waals surface area contributed by atoms with Crippen LogP contribution in [-0.4, -0.2) is 24.7 Å². The number of anilines is 1. The van der Waals surface area contributed by atoms with Gasteiger partial charge in [0.2, 0.25) is 10.0 Å². The molecule has 0 aliphatic heterocycles. The van der Waals surface area contributed by atoms with Gasteiger partial charge in [0.25, 0.3) is 0 Å². The van der Waals surface area contributed by atoms with Crippen LogP contribution in [0.1, 0.15) is 12.5 Å². The molecule has 0 spiro atoms. The Morgan fingerprint density at radius 1 is 1.42 bits per heavy atom. The standard InChI is InChI=1S/C12H12N2O4S/c1-9(8-13)19(17,18)14-11-5-2-10(3-6-11)4-7-12(15)16/h2-7,9,14H,1H3,(H,15,16). The number of hydrogen-bond acceptors (Lipinski definition) is 4. The van der Waals surface area contributed by atoms with Gasteiger partial charge in [-0.3, -0.25) is 4.72 Å².